The molecule has 5 heterocycles. The van der Waals surface area contributed by atoms with Crippen molar-refractivity contribution in [2.75, 3.05) is 48.3 Å². The lowest BCUT2D eigenvalue weighted by Crippen LogP contribution is -2.57. The fourth-order valence-corrected chi connectivity index (χ4v) is 8.05. The standard InChI is InChI=1S/C39H49ClN10O4S/c1-23(26-7-9-27(10-8-26)34-24(2)43-22-55-34)44-37(53)30-19-28(51)21-50(30)38(54)35(39(3,4)5)45-33(52)11-6-25-12-13-42-32(18-25)49-16-14-48(15-17-49)29-20-31(40)46-47-36(29)41/h7-10,12-13,18,20,22-23,28,30,35,51H,6,11,14-17,19,21H2,1-5H3,(H2,41,47)(H,44,53)(H,45,52)/t23?,28-,30+,35?/m1/s1. The number of anilines is 3. The van der Waals surface area contributed by atoms with Crippen LogP contribution in [0.5, 0.6) is 0 Å². The van der Waals surface area contributed by atoms with Gasteiger partial charge in [0.1, 0.15) is 17.9 Å². The first-order chi connectivity index (χ1) is 26.2. The summed E-state index contributed by atoms with van der Waals surface area (Å²) in [6.45, 7) is 12.3. The zero-order valence-electron chi connectivity index (χ0n) is 31.8. The van der Waals surface area contributed by atoms with E-state index in [2.05, 4.69) is 40.6 Å². The number of halogens is 1. The number of benzene rings is 1. The summed E-state index contributed by atoms with van der Waals surface area (Å²) >= 11 is 7.63. The highest BCUT2D eigenvalue weighted by Gasteiger charge is 2.44. The van der Waals surface area contributed by atoms with E-state index in [1.807, 2.05) is 76.5 Å². The van der Waals surface area contributed by atoms with Crippen LogP contribution < -0.4 is 26.2 Å². The second-order valence-electron chi connectivity index (χ2n) is 15.3. The number of hydrogen-bond acceptors (Lipinski definition) is 12. The normalized spacial score (nSPS) is 18.6. The Hall–Kier alpha value is -4.86. The molecule has 3 aromatic heterocycles. The maximum absolute atomic E-state index is 14.1. The fraction of sp³-hybridized carbons (Fsp3) is 0.462. The van der Waals surface area contributed by atoms with E-state index in [0.29, 0.717) is 38.4 Å². The van der Waals surface area contributed by atoms with Crippen molar-refractivity contribution < 1.29 is 19.5 Å². The van der Waals surface area contributed by atoms with E-state index in [1.54, 1.807) is 23.6 Å². The van der Waals surface area contributed by atoms with Gasteiger partial charge in [0.15, 0.2) is 11.0 Å². The van der Waals surface area contributed by atoms with Gasteiger partial charge in [-0.3, -0.25) is 14.4 Å². The van der Waals surface area contributed by atoms with Crippen LogP contribution in [0.4, 0.5) is 17.3 Å². The lowest BCUT2D eigenvalue weighted by atomic mass is 9.85. The van der Waals surface area contributed by atoms with Gasteiger partial charge in [0, 0.05) is 57.8 Å². The first-order valence-electron chi connectivity index (χ1n) is 18.5. The van der Waals surface area contributed by atoms with Crippen molar-refractivity contribution >= 4 is 58.0 Å². The van der Waals surface area contributed by atoms with E-state index in [9.17, 15) is 19.5 Å². The minimum Gasteiger partial charge on any atom is -0.391 e. The van der Waals surface area contributed by atoms with Gasteiger partial charge in [0.25, 0.3) is 0 Å². The summed E-state index contributed by atoms with van der Waals surface area (Å²) in [4.78, 5) is 57.0. The molecule has 5 N–H and O–H groups in total. The lowest BCUT2D eigenvalue weighted by Gasteiger charge is -2.37. The summed E-state index contributed by atoms with van der Waals surface area (Å²) in [5.41, 5.74) is 11.8. The number of amides is 3. The monoisotopic (exact) mass is 788 g/mol. The number of thiazole rings is 1. The average molecular weight is 789 g/mol. The zero-order valence-corrected chi connectivity index (χ0v) is 33.4. The van der Waals surface area contributed by atoms with Crippen molar-refractivity contribution in [3.8, 4) is 10.4 Å². The number of nitrogens with one attached hydrogen (secondary N) is 2. The molecule has 0 bridgehead atoms. The number of aliphatic hydroxyl groups is 1. The number of aliphatic hydroxyl groups excluding tert-OH is 1. The van der Waals surface area contributed by atoms with Crippen LogP contribution in [0.25, 0.3) is 10.4 Å². The van der Waals surface area contributed by atoms with E-state index in [0.717, 1.165) is 38.8 Å². The molecular weight excluding hydrogens is 740 g/mol. The van der Waals surface area contributed by atoms with Crippen molar-refractivity contribution in [3.63, 3.8) is 0 Å². The summed E-state index contributed by atoms with van der Waals surface area (Å²) in [6.07, 6.45) is 1.59. The Balaban J connectivity index is 1.04. The molecule has 0 aliphatic carbocycles. The molecule has 0 radical (unpaired) electrons. The van der Waals surface area contributed by atoms with Crippen LogP contribution in [0.3, 0.4) is 0 Å². The Labute approximate surface area is 330 Å². The zero-order chi connectivity index (χ0) is 39.4. The number of piperazine rings is 1. The molecule has 2 unspecified atom stereocenters. The topological polar surface area (TPSA) is 183 Å². The van der Waals surface area contributed by atoms with Gasteiger partial charge in [-0.1, -0.05) is 56.6 Å². The summed E-state index contributed by atoms with van der Waals surface area (Å²) in [5, 5.41) is 24.7. The van der Waals surface area contributed by atoms with Crippen LogP contribution >= 0.6 is 22.9 Å². The Morgan fingerprint density at radius 2 is 1.73 bits per heavy atom. The third-order valence-corrected chi connectivity index (χ3v) is 11.4. The summed E-state index contributed by atoms with van der Waals surface area (Å²) in [5.74, 6) is 0.117. The molecule has 0 spiro atoms. The number of nitrogen functional groups attached to an aromatic ring is 1. The third-order valence-electron chi connectivity index (χ3n) is 10.2. The second kappa shape index (κ2) is 16.9. The molecule has 0 saturated carbocycles. The molecule has 4 atom stereocenters. The molecule has 16 heteroatoms. The number of β-amino-alcohol motifs (C(OH)–C–C–N with tert-alkyl or cyclic N) is 1. The fourth-order valence-electron chi connectivity index (χ4n) is 7.09. The SMILES string of the molecule is Cc1ncsc1-c1ccc(C(C)NC(=O)[C@@H]2C[C@@H](O)CN2C(=O)C(NC(=O)CCc2ccnc(N3CCN(c4cc(Cl)nnc4N)CC3)c2)C(C)(C)C)cc1. The average Bonchev–Trinajstić information content (AvgIpc) is 3.78. The Bertz CT molecular complexity index is 2000. The highest BCUT2D eigenvalue weighted by molar-refractivity contribution is 7.13. The number of carbonyl (C=O) groups excluding carboxylic acids is 3. The first kappa shape index (κ1) is 39.8. The van der Waals surface area contributed by atoms with Gasteiger partial charge in [0.05, 0.1) is 33.9 Å². The molecule has 55 heavy (non-hydrogen) atoms. The van der Waals surface area contributed by atoms with Crippen molar-refractivity contribution in [1.82, 2.24) is 35.7 Å². The Morgan fingerprint density at radius 1 is 1.02 bits per heavy atom. The quantitative estimate of drug-likeness (QED) is 0.171. The van der Waals surface area contributed by atoms with Crippen molar-refractivity contribution in [3.05, 3.63) is 76.1 Å². The third kappa shape index (κ3) is 9.51. The molecule has 1 aromatic carbocycles. The molecular formula is C39H49ClN10O4S. The van der Waals surface area contributed by atoms with E-state index < -0.39 is 29.5 Å². The molecule has 6 rings (SSSR count). The van der Waals surface area contributed by atoms with Gasteiger partial charge in [0.2, 0.25) is 17.7 Å². The number of rotatable bonds is 11. The summed E-state index contributed by atoms with van der Waals surface area (Å²) in [7, 11) is 0. The summed E-state index contributed by atoms with van der Waals surface area (Å²) in [6, 6.07) is 11.4. The smallest absolute Gasteiger partial charge is 0.246 e. The number of pyridine rings is 1. The highest BCUT2D eigenvalue weighted by Crippen LogP contribution is 2.30. The maximum Gasteiger partial charge on any atom is 0.246 e. The molecule has 2 saturated heterocycles. The largest absolute Gasteiger partial charge is 0.391 e. The van der Waals surface area contributed by atoms with Gasteiger partial charge in [-0.25, -0.2) is 9.97 Å². The van der Waals surface area contributed by atoms with E-state index in [1.165, 1.54) is 4.90 Å². The van der Waals surface area contributed by atoms with Gasteiger partial charge in [-0.15, -0.1) is 21.5 Å². The van der Waals surface area contributed by atoms with Crippen LogP contribution in [0.1, 0.15) is 63.4 Å². The van der Waals surface area contributed by atoms with Gasteiger partial charge >= 0.3 is 0 Å². The number of aromatic nitrogens is 4. The maximum atomic E-state index is 14.1. The highest BCUT2D eigenvalue weighted by atomic mass is 35.5. The minimum atomic E-state index is -0.912. The van der Waals surface area contributed by atoms with E-state index in [-0.39, 0.29) is 42.4 Å². The number of aryl methyl sites for hydroxylation is 2. The predicted molar refractivity (Wildman–Crippen MR) is 215 cm³/mol. The van der Waals surface area contributed by atoms with Crippen molar-refractivity contribution in [1.29, 1.82) is 0 Å². The molecule has 2 aliphatic heterocycles. The molecule has 292 valence electrons. The number of carbonyl (C=O) groups is 3. The summed E-state index contributed by atoms with van der Waals surface area (Å²) < 4.78 is 0. The van der Waals surface area contributed by atoms with Crippen LogP contribution in [-0.4, -0.2) is 98.8 Å². The van der Waals surface area contributed by atoms with E-state index >= 15 is 0 Å². The van der Waals surface area contributed by atoms with Crippen LogP contribution in [-0.2, 0) is 20.8 Å². The van der Waals surface area contributed by atoms with Crippen LogP contribution in [0.2, 0.25) is 5.15 Å². The molecule has 14 nitrogen and oxygen atoms in total. The predicted octanol–water partition coefficient (Wildman–Crippen LogP) is 4.17. The lowest BCUT2D eigenvalue weighted by molar-refractivity contribution is -0.144. The Morgan fingerprint density at radius 3 is 2.40 bits per heavy atom. The van der Waals surface area contributed by atoms with Gasteiger partial charge in [-0.05, 0) is 54.5 Å². The van der Waals surface area contributed by atoms with Crippen molar-refractivity contribution in [2.45, 2.75) is 78.1 Å². The van der Waals surface area contributed by atoms with Crippen molar-refractivity contribution in [2.24, 2.45) is 5.41 Å². The second-order valence-corrected chi connectivity index (χ2v) is 16.6. The molecule has 2 fully saturated rings. The number of hydrogen-bond donors (Lipinski definition) is 4. The van der Waals surface area contributed by atoms with Crippen LogP contribution in [0, 0.1) is 12.3 Å². The van der Waals surface area contributed by atoms with Gasteiger partial charge in [-0.2, -0.15) is 0 Å². The minimum absolute atomic E-state index is 0.00524. The first-order valence-corrected chi connectivity index (χ1v) is 19.8. The van der Waals surface area contributed by atoms with Gasteiger partial charge < -0.3 is 36.2 Å². The number of likely N-dealkylation sites (tertiary alicyclic amines) is 1. The van der Waals surface area contributed by atoms with Crippen LogP contribution in [0.15, 0.2) is 54.2 Å². The molecule has 3 amide bonds. The number of nitrogens with zero attached hydrogens (tertiary/aromatic N) is 7. The van der Waals surface area contributed by atoms with E-state index in [4.69, 9.17) is 17.3 Å². The Kier molecular flexibility index (Phi) is 12.2. The molecule has 4 aromatic rings. The number of nitrogens with two attached hydrogens (primary N) is 1. The molecule has 2 aliphatic rings.